The monoisotopic (exact) mass is 327 g/mol. The molecule has 0 spiro atoms. The fourth-order valence-electron chi connectivity index (χ4n) is 3.10. The van der Waals surface area contributed by atoms with Crippen molar-refractivity contribution in [3.8, 4) is 0 Å². The van der Waals surface area contributed by atoms with Crippen LogP contribution in [0.2, 0.25) is 0 Å². The first-order valence-electron chi connectivity index (χ1n) is 7.54. The Morgan fingerprint density at radius 3 is 2.70 bits per heavy atom. The minimum absolute atomic E-state index is 0.308. The van der Waals surface area contributed by atoms with E-state index in [-0.39, 0.29) is 0 Å². The molecule has 1 aliphatic rings. The van der Waals surface area contributed by atoms with E-state index in [1.165, 1.54) is 5.56 Å². The van der Waals surface area contributed by atoms with Crippen LogP contribution in [-0.4, -0.2) is 28.8 Å². The molecule has 0 amide bonds. The van der Waals surface area contributed by atoms with E-state index in [1.54, 1.807) is 22.8 Å². The van der Waals surface area contributed by atoms with Crippen LogP contribution in [0.5, 0.6) is 0 Å². The zero-order valence-electron chi connectivity index (χ0n) is 12.8. The molecule has 0 aliphatic carbocycles. The Morgan fingerprint density at radius 1 is 1.09 bits per heavy atom. The molecule has 0 atom stereocenters. The van der Waals surface area contributed by atoms with Crippen molar-refractivity contribution >= 4 is 21.1 Å². The van der Waals surface area contributed by atoms with Gasteiger partial charge in [-0.15, -0.1) is 0 Å². The number of imidazole rings is 1. The van der Waals surface area contributed by atoms with Gasteiger partial charge in [0.25, 0.3) is 0 Å². The highest BCUT2D eigenvalue weighted by Crippen LogP contribution is 2.26. The van der Waals surface area contributed by atoms with E-state index in [9.17, 15) is 8.42 Å². The van der Waals surface area contributed by atoms with E-state index in [4.69, 9.17) is 0 Å². The van der Waals surface area contributed by atoms with Crippen LogP contribution < -0.4 is 0 Å². The molecule has 0 fully saturated rings. The molecule has 6 heteroatoms. The Hall–Kier alpha value is -2.18. The lowest BCUT2D eigenvalue weighted by atomic mass is 10.0. The fourth-order valence-corrected chi connectivity index (χ4v) is 4.54. The maximum Gasteiger partial charge on any atom is 0.243 e. The quantitative estimate of drug-likeness (QED) is 0.726. The van der Waals surface area contributed by atoms with Gasteiger partial charge in [-0.2, -0.15) is 4.31 Å². The minimum atomic E-state index is -3.50. The van der Waals surface area contributed by atoms with Crippen LogP contribution >= 0.6 is 0 Å². The lowest BCUT2D eigenvalue weighted by Gasteiger charge is -2.28. The van der Waals surface area contributed by atoms with Crippen molar-refractivity contribution in [2.24, 2.45) is 7.05 Å². The summed E-state index contributed by atoms with van der Waals surface area (Å²) in [6.07, 6.45) is 2.44. The van der Waals surface area contributed by atoms with Crippen LogP contribution in [-0.2, 0) is 30.0 Å². The number of fused-ring (bicyclic) bond motifs is 2. The number of aryl methyl sites for hydroxylation is 1. The highest BCUT2D eigenvalue weighted by molar-refractivity contribution is 7.89. The van der Waals surface area contributed by atoms with Crippen molar-refractivity contribution in [3.05, 3.63) is 59.9 Å². The second kappa shape index (κ2) is 5.18. The molecule has 118 valence electrons. The van der Waals surface area contributed by atoms with Crippen molar-refractivity contribution in [2.75, 3.05) is 6.54 Å². The number of rotatable bonds is 2. The number of hydrogen-bond donors (Lipinski definition) is 0. The number of hydrogen-bond acceptors (Lipinski definition) is 3. The van der Waals surface area contributed by atoms with Gasteiger partial charge in [-0.3, -0.25) is 0 Å². The van der Waals surface area contributed by atoms with Crippen LogP contribution in [0.25, 0.3) is 11.0 Å². The third kappa shape index (κ3) is 2.34. The van der Waals surface area contributed by atoms with E-state index in [1.807, 2.05) is 35.9 Å². The van der Waals surface area contributed by atoms with Crippen molar-refractivity contribution in [1.29, 1.82) is 0 Å². The smallest absolute Gasteiger partial charge is 0.243 e. The summed E-state index contributed by atoms with van der Waals surface area (Å²) in [4.78, 5) is 4.56. The molecule has 23 heavy (non-hydrogen) atoms. The van der Waals surface area contributed by atoms with E-state index >= 15 is 0 Å². The van der Waals surface area contributed by atoms with Crippen molar-refractivity contribution < 1.29 is 8.42 Å². The van der Waals surface area contributed by atoms with Gasteiger partial charge in [0.05, 0.1) is 22.3 Å². The van der Waals surface area contributed by atoms with Crippen molar-refractivity contribution in [1.82, 2.24) is 13.9 Å². The van der Waals surface area contributed by atoms with Gasteiger partial charge >= 0.3 is 0 Å². The summed E-state index contributed by atoms with van der Waals surface area (Å²) in [6.45, 7) is 0.943. The predicted octanol–water partition coefficient (Wildman–Crippen LogP) is 2.32. The first-order chi connectivity index (χ1) is 11.1. The highest BCUT2D eigenvalue weighted by Gasteiger charge is 2.28. The number of sulfonamides is 1. The SMILES string of the molecule is Cn1cnc2cc(S(=O)(=O)N3CCc4ccccc4C3)ccc21. The first-order valence-corrected chi connectivity index (χ1v) is 8.98. The molecule has 0 bridgehead atoms. The summed E-state index contributed by atoms with van der Waals surface area (Å²) < 4.78 is 29.3. The summed E-state index contributed by atoms with van der Waals surface area (Å²) in [5.41, 5.74) is 3.94. The number of benzene rings is 2. The Morgan fingerprint density at radius 2 is 1.87 bits per heavy atom. The van der Waals surface area contributed by atoms with Gasteiger partial charge in [-0.25, -0.2) is 13.4 Å². The summed E-state index contributed by atoms with van der Waals surface area (Å²) in [7, 11) is -1.61. The molecular formula is C17H17N3O2S. The van der Waals surface area contributed by atoms with Gasteiger partial charge in [0.15, 0.2) is 0 Å². The largest absolute Gasteiger partial charge is 0.334 e. The van der Waals surface area contributed by atoms with Gasteiger partial charge in [-0.05, 0) is 35.7 Å². The maximum absolute atomic E-state index is 12.9. The third-order valence-corrected chi connectivity index (χ3v) is 6.27. The molecule has 2 heterocycles. The molecule has 0 radical (unpaired) electrons. The van der Waals surface area contributed by atoms with E-state index in [0.29, 0.717) is 23.5 Å². The molecule has 0 saturated heterocycles. The van der Waals surface area contributed by atoms with Crippen molar-refractivity contribution in [2.45, 2.75) is 17.9 Å². The van der Waals surface area contributed by atoms with Crippen LogP contribution in [0.1, 0.15) is 11.1 Å². The molecule has 0 N–H and O–H groups in total. The zero-order valence-corrected chi connectivity index (χ0v) is 13.6. The molecule has 1 aromatic heterocycles. The topological polar surface area (TPSA) is 55.2 Å². The molecule has 3 aromatic rings. The second-order valence-electron chi connectivity index (χ2n) is 5.86. The van der Waals surface area contributed by atoms with Gasteiger partial charge in [0.1, 0.15) is 0 Å². The number of aromatic nitrogens is 2. The Kier molecular flexibility index (Phi) is 3.25. The second-order valence-corrected chi connectivity index (χ2v) is 7.80. The van der Waals surface area contributed by atoms with E-state index in [2.05, 4.69) is 11.1 Å². The van der Waals surface area contributed by atoms with Crippen molar-refractivity contribution in [3.63, 3.8) is 0 Å². The van der Waals surface area contributed by atoms with Gasteiger partial charge in [0, 0.05) is 20.1 Å². The third-order valence-electron chi connectivity index (χ3n) is 4.43. The predicted molar refractivity (Wildman–Crippen MR) is 88.5 cm³/mol. The van der Waals surface area contributed by atoms with E-state index in [0.717, 1.165) is 17.5 Å². The van der Waals surface area contributed by atoms with Crippen LogP contribution in [0.4, 0.5) is 0 Å². The first kappa shape index (κ1) is 14.4. The molecule has 0 saturated carbocycles. The Bertz CT molecular complexity index is 992. The minimum Gasteiger partial charge on any atom is -0.334 e. The standard InChI is InChI=1S/C17H17N3O2S/c1-19-12-18-16-10-15(6-7-17(16)19)23(21,22)20-9-8-13-4-2-3-5-14(13)11-20/h2-7,10,12H,8-9,11H2,1H3. The Labute approximate surface area is 135 Å². The van der Waals surface area contributed by atoms with Crippen LogP contribution in [0.15, 0.2) is 53.7 Å². The molecule has 5 nitrogen and oxygen atoms in total. The van der Waals surface area contributed by atoms with Gasteiger partial charge in [-0.1, -0.05) is 24.3 Å². The Balaban J connectivity index is 1.72. The molecule has 2 aromatic carbocycles. The molecular weight excluding hydrogens is 310 g/mol. The van der Waals surface area contributed by atoms with Crippen LogP contribution in [0.3, 0.4) is 0 Å². The van der Waals surface area contributed by atoms with Crippen LogP contribution in [0, 0.1) is 0 Å². The van der Waals surface area contributed by atoms with Gasteiger partial charge < -0.3 is 4.57 Å². The summed E-state index contributed by atoms with van der Waals surface area (Å²) in [5.74, 6) is 0. The molecule has 4 rings (SSSR count). The van der Waals surface area contributed by atoms with Gasteiger partial charge in [0.2, 0.25) is 10.0 Å². The average molecular weight is 327 g/mol. The average Bonchev–Trinajstić information content (AvgIpc) is 2.95. The summed E-state index contributed by atoms with van der Waals surface area (Å²) in [6, 6.07) is 13.2. The summed E-state index contributed by atoms with van der Waals surface area (Å²) in [5, 5.41) is 0. The normalized spacial score (nSPS) is 15.7. The molecule has 0 unspecified atom stereocenters. The molecule has 1 aliphatic heterocycles. The maximum atomic E-state index is 12.9. The lowest BCUT2D eigenvalue weighted by molar-refractivity contribution is 0.391. The summed E-state index contributed by atoms with van der Waals surface area (Å²) >= 11 is 0. The highest BCUT2D eigenvalue weighted by atomic mass is 32.2. The van der Waals surface area contributed by atoms with E-state index < -0.39 is 10.0 Å². The number of nitrogens with zero attached hydrogens (tertiary/aromatic N) is 3. The zero-order chi connectivity index (χ0) is 16.0. The fraction of sp³-hybridized carbons (Fsp3) is 0.235. The lowest BCUT2D eigenvalue weighted by Crippen LogP contribution is -2.35.